The molecule has 4 aromatic heterocycles. The van der Waals surface area contributed by atoms with E-state index in [1.54, 1.807) is 0 Å². The molecule has 8 aromatic carbocycles. The van der Waals surface area contributed by atoms with E-state index in [4.69, 9.17) is 29.9 Å². The van der Waals surface area contributed by atoms with E-state index in [0.717, 1.165) is 88.7 Å². The molecular formula is C60H40N7+. The minimum Gasteiger partial charge on any atom is -0.228 e. The van der Waals surface area contributed by atoms with E-state index < -0.39 is 0 Å². The SMILES string of the molecule is Cc1cc2nc(n1)[n+]1c(-c3ccccc3)nc(-c3ccccc3)nc1c1cccc(c1)c1c(-c3cccc(-c4cc(-c5ccc(-c6ccccc6)cc5)nc(-c5ccccc5)n4)c3)cccc21. The molecule has 0 spiro atoms. The zero-order chi connectivity index (χ0) is 44.7. The van der Waals surface area contributed by atoms with Gasteiger partial charge in [-0.1, -0.05) is 170 Å². The van der Waals surface area contributed by atoms with Gasteiger partial charge in [-0.3, -0.25) is 0 Å². The molecule has 0 aliphatic rings. The second-order valence-corrected chi connectivity index (χ2v) is 16.6. The Bertz CT molecular complexity index is 3840. The van der Waals surface area contributed by atoms with Crippen molar-refractivity contribution in [2.45, 2.75) is 6.92 Å². The summed E-state index contributed by atoms with van der Waals surface area (Å²) in [7, 11) is 0. The van der Waals surface area contributed by atoms with Crippen LogP contribution in [0.25, 0.3) is 117 Å². The molecule has 0 amide bonds. The highest BCUT2D eigenvalue weighted by Crippen LogP contribution is 2.37. The summed E-state index contributed by atoms with van der Waals surface area (Å²) in [4.78, 5) is 31.4. The highest BCUT2D eigenvalue weighted by Gasteiger charge is 2.22. The third-order valence-corrected chi connectivity index (χ3v) is 12.2. The maximum atomic E-state index is 5.37. The van der Waals surface area contributed by atoms with Crippen LogP contribution in [0.4, 0.5) is 0 Å². The second kappa shape index (κ2) is 16.8. The van der Waals surface area contributed by atoms with Gasteiger partial charge in [-0.2, -0.15) is 4.40 Å². The van der Waals surface area contributed by atoms with Crippen molar-refractivity contribution in [2.75, 3.05) is 0 Å². The predicted octanol–water partition coefficient (Wildman–Crippen LogP) is 13.8. The molecule has 0 aliphatic carbocycles. The largest absolute Gasteiger partial charge is 0.362 e. The van der Waals surface area contributed by atoms with E-state index in [1.807, 2.05) is 84.1 Å². The number of fused-ring (bicyclic) bond motifs is 10. The number of hydrogen-bond acceptors (Lipinski definition) is 6. The average Bonchev–Trinajstić information content (AvgIpc) is 3.41. The summed E-state index contributed by atoms with van der Waals surface area (Å²) in [5, 5.41) is 4.01. The maximum absolute atomic E-state index is 5.37. The molecule has 4 bridgehead atoms. The minimum atomic E-state index is 0.498. The van der Waals surface area contributed by atoms with E-state index in [0.29, 0.717) is 28.9 Å². The van der Waals surface area contributed by atoms with Gasteiger partial charge in [0, 0.05) is 44.7 Å². The molecule has 314 valence electrons. The Labute approximate surface area is 387 Å². The van der Waals surface area contributed by atoms with Crippen LogP contribution in [0, 0.1) is 6.92 Å². The molecule has 0 saturated carbocycles. The van der Waals surface area contributed by atoms with Gasteiger partial charge in [-0.15, -0.1) is 19.9 Å². The van der Waals surface area contributed by atoms with Crippen LogP contribution in [0.1, 0.15) is 5.69 Å². The Morgan fingerprint density at radius 1 is 0.343 bits per heavy atom. The van der Waals surface area contributed by atoms with E-state index in [9.17, 15) is 0 Å². The molecule has 0 radical (unpaired) electrons. The number of benzene rings is 8. The van der Waals surface area contributed by atoms with Gasteiger partial charge in [0.2, 0.25) is 11.5 Å². The number of rotatable bonds is 7. The van der Waals surface area contributed by atoms with Crippen LogP contribution in [-0.4, -0.2) is 29.9 Å². The van der Waals surface area contributed by atoms with E-state index in [-0.39, 0.29) is 0 Å². The molecule has 12 aromatic rings. The lowest BCUT2D eigenvalue weighted by Crippen LogP contribution is -2.30. The minimum absolute atomic E-state index is 0.498. The summed E-state index contributed by atoms with van der Waals surface area (Å²) in [6, 6.07) is 77.5. The molecule has 0 fully saturated rings. The number of aromatic nitrogens is 7. The number of nitrogens with zero attached hydrogens (tertiary/aromatic N) is 7. The second-order valence-electron chi connectivity index (χ2n) is 16.6. The van der Waals surface area contributed by atoms with Gasteiger partial charge in [0.05, 0.1) is 17.1 Å². The fraction of sp³-hybridized carbons (Fsp3) is 0.0167. The Hall–Kier alpha value is -9.07. The smallest absolute Gasteiger partial charge is 0.228 e. The molecule has 7 heteroatoms. The quantitative estimate of drug-likeness (QED) is 0.149. The number of hydrogen-bond donors (Lipinski definition) is 0. The summed E-state index contributed by atoms with van der Waals surface area (Å²) in [5.41, 5.74) is 13.3. The van der Waals surface area contributed by atoms with Crippen molar-refractivity contribution >= 4 is 38.5 Å². The first-order chi connectivity index (χ1) is 33.1. The highest BCUT2D eigenvalue weighted by molar-refractivity contribution is 6.13. The Morgan fingerprint density at radius 3 is 1.58 bits per heavy atom. The molecular weight excluding hydrogens is 819 g/mol. The molecule has 0 atom stereocenters. The summed E-state index contributed by atoms with van der Waals surface area (Å²) < 4.78 is 2.01. The van der Waals surface area contributed by atoms with E-state index in [1.165, 1.54) is 5.56 Å². The van der Waals surface area contributed by atoms with Crippen molar-refractivity contribution in [3.63, 3.8) is 0 Å². The summed E-state index contributed by atoms with van der Waals surface area (Å²) in [5.74, 6) is 2.48. The third-order valence-electron chi connectivity index (χ3n) is 12.2. The van der Waals surface area contributed by atoms with Crippen LogP contribution >= 0.6 is 0 Å². The third kappa shape index (κ3) is 7.54. The topological polar surface area (TPSA) is 81.4 Å². The van der Waals surface area contributed by atoms with Crippen LogP contribution in [0.5, 0.6) is 0 Å². The monoisotopic (exact) mass is 858 g/mol. The Morgan fingerprint density at radius 2 is 0.881 bits per heavy atom. The lowest BCUT2D eigenvalue weighted by Gasteiger charge is -2.13. The maximum Gasteiger partial charge on any atom is 0.362 e. The molecule has 0 N–H and O–H groups in total. The van der Waals surface area contributed by atoms with E-state index in [2.05, 4.69) is 152 Å². The molecule has 0 aliphatic heterocycles. The van der Waals surface area contributed by atoms with Crippen LogP contribution in [0.15, 0.2) is 224 Å². The van der Waals surface area contributed by atoms with Crippen LogP contribution in [0.2, 0.25) is 0 Å². The molecule has 0 unspecified atom stereocenters. The Balaban J connectivity index is 1.08. The molecule has 67 heavy (non-hydrogen) atoms. The fourth-order valence-electron chi connectivity index (χ4n) is 9.00. The zero-order valence-electron chi connectivity index (χ0n) is 36.5. The number of aryl methyl sites for hydroxylation is 1. The molecule has 7 nitrogen and oxygen atoms in total. The van der Waals surface area contributed by atoms with Gasteiger partial charge in [0.15, 0.2) is 5.82 Å². The normalized spacial score (nSPS) is 11.4. The summed E-state index contributed by atoms with van der Waals surface area (Å²) in [6.07, 6.45) is 0. The lowest BCUT2D eigenvalue weighted by molar-refractivity contribution is -0.479. The van der Waals surface area contributed by atoms with Crippen molar-refractivity contribution in [3.8, 4) is 78.9 Å². The van der Waals surface area contributed by atoms with Gasteiger partial charge in [-0.05, 0) is 88.5 Å². The van der Waals surface area contributed by atoms with Crippen molar-refractivity contribution in [1.82, 2.24) is 29.9 Å². The van der Waals surface area contributed by atoms with Crippen molar-refractivity contribution in [2.24, 2.45) is 0 Å². The summed E-state index contributed by atoms with van der Waals surface area (Å²) >= 11 is 0. The zero-order valence-corrected chi connectivity index (χ0v) is 36.5. The van der Waals surface area contributed by atoms with Crippen molar-refractivity contribution in [1.29, 1.82) is 0 Å². The molecule has 12 rings (SSSR count). The fourth-order valence-corrected chi connectivity index (χ4v) is 9.00. The van der Waals surface area contributed by atoms with Gasteiger partial charge in [-0.25, -0.2) is 9.97 Å². The van der Waals surface area contributed by atoms with Gasteiger partial charge < -0.3 is 0 Å². The molecule has 0 saturated heterocycles. The van der Waals surface area contributed by atoms with Crippen LogP contribution in [-0.2, 0) is 0 Å². The van der Waals surface area contributed by atoms with Crippen LogP contribution in [0.3, 0.4) is 0 Å². The highest BCUT2D eigenvalue weighted by atomic mass is 15.2. The van der Waals surface area contributed by atoms with Crippen molar-refractivity contribution < 1.29 is 4.40 Å². The Kier molecular flexibility index (Phi) is 9.91. The van der Waals surface area contributed by atoms with Gasteiger partial charge in [0.1, 0.15) is 5.52 Å². The predicted molar refractivity (Wildman–Crippen MR) is 270 cm³/mol. The van der Waals surface area contributed by atoms with Crippen molar-refractivity contribution in [3.05, 3.63) is 230 Å². The first-order valence-electron chi connectivity index (χ1n) is 22.4. The van der Waals surface area contributed by atoms with Crippen LogP contribution < -0.4 is 4.40 Å². The first-order valence-corrected chi connectivity index (χ1v) is 22.4. The summed E-state index contributed by atoms with van der Waals surface area (Å²) in [6.45, 7) is 2.02. The standard InChI is InChI=1S/C60H40N7/c1-39-35-54-51-30-16-29-50(46-25-14-26-47(36-46)53-38-52(62-56(63-53)43-19-8-3-9-20-43)42-33-31-41(32-34-42)40-17-6-2-7-18-40)55(51)48-27-15-28-49(37-48)59-66-57(44-21-10-4-11-22-44)65-58(45-23-12-5-13-24-45)67(59)60(61-39)64-54/h2-38H,1H3/q+1. The average molecular weight is 859 g/mol. The van der Waals surface area contributed by atoms with Gasteiger partial charge in [0.25, 0.3) is 5.82 Å². The lowest BCUT2D eigenvalue weighted by atomic mass is 9.94. The first kappa shape index (κ1) is 39.5. The molecule has 4 heterocycles. The van der Waals surface area contributed by atoms with Gasteiger partial charge >= 0.3 is 5.78 Å². The van der Waals surface area contributed by atoms with E-state index >= 15 is 0 Å².